The highest BCUT2D eigenvalue weighted by Gasteiger charge is 2.36. The molecule has 178 valence electrons. The number of nitrogens with one attached hydrogen (secondary N) is 1. The zero-order valence-electron chi connectivity index (χ0n) is 19.8. The van der Waals surface area contributed by atoms with Crippen LogP contribution < -0.4 is 5.32 Å². The minimum Gasteiger partial charge on any atom is -0.382 e. The van der Waals surface area contributed by atoms with E-state index < -0.39 is 0 Å². The lowest BCUT2D eigenvalue weighted by Crippen LogP contribution is -2.44. The predicted molar refractivity (Wildman–Crippen MR) is 126 cm³/mol. The Morgan fingerprint density at radius 3 is 2.84 bits per heavy atom. The van der Waals surface area contributed by atoms with Crippen LogP contribution in [0.15, 0.2) is 41.2 Å². The summed E-state index contributed by atoms with van der Waals surface area (Å²) in [6, 6.07) is 0.388. The summed E-state index contributed by atoms with van der Waals surface area (Å²) in [4.78, 5) is 15.4. The standard InChI is InChI=1S/C26H40N2O4/c1-3-31-15-5-6-21-8-12-25(32-17-16-30-2)13-9-22(18-21)20-28(24-10-11-24)26(29)23-7-4-14-27-19-23/h9,12-13,18,23-25,27H,3-7,10-11,14-17,19-20H2,1-2H3/b13-9?,22-18+/t8?,23-,25?/m1/s1. The highest BCUT2D eigenvalue weighted by atomic mass is 16.5. The van der Waals surface area contributed by atoms with Crippen molar-refractivity contribution in [1.82, 2.24) is 10.2 Å². The van der Waals surface area contributed by atoms with Gasteiger partial charge in [-0.3, -0.25) is 4.79 Å². The molecule has 1 N–H and O–H groups in total. The van der Waals surface area contributed by atoms with Crippen LogP contribution in [-0.4, -0.2) is 76.1 Å². The van der Waals surface area contributed by atoms with Gasteiger partial charge in [-0.05, 0) is 75.3 Å². The molecule has 3 aliphatic rings. The third kappa shape index (κ3) is 8.34. The zero-order valence-corrected chi connectivity index (χ0v) is 19.8. The number of ether oxygens (including phenoxy) is 3. The maximum atomic E-state index is 13.3. The molecular weight excluding hydrogens is 404 g/mol. The summed E-state index contributed by atoms with van der Waals surface area (Å²) in [6.07, 6.45) is 14.4. The van der Waals surface area contributed by atoms with E-state index in [2.05, 4.69) is 34.2 Å². The summed E-state index contributed by atoms with van der Waals surface area (Å²) in [6.45, 7) is 7.07. The number of piperidine rings is 1. The van der Waals surface area contributed by atoms with Crippen molar-refractivity contribution in [3.63, 3.8) is 0 Å². The van der Waals surface area contributed by atoms with Gasteiger partial charge in [0, 0.05) is 39.5 Å². The maximum Gasteiger partial charge on any atom is 0.227 e. The molecule has 3 rings (SSSR count). The Hall–Kier alpha value is -1.69. The van der Waals surface area contributed by atoms with Gasteiger partial charge in [-0.25, -0.2) is 0 Å². The van der Waals surface area contributed by atoms with Crippen molar-refractivity contribution in [2.75, 3.05) is 53.2 Å². The van der Waals surface area contributed by atoms with Gasteiger partial charge in [-0.2, -0.15) is 0 Å². The molecule has 1 saturated carbocycles. The van der Waals surface area contributed by atoms with Gasteiger partial charge in [-0.15, -0.1) is 5.73 Å². The first-order chi connectivity index (χ1) is 15.7. The third-order valence-corrected chi connectivity index (χ3v) is 6.10. The fourth-order valence-corrected chi connectivity index (χ4v) is 4.17. The Bertz CT molecular complexity index is 713. The van der Waals surface area contributed by atoms with Crippen molar-refractivity contribution in [2.24, 2.45) is 5.92 Å². The fourth-order valence-electron chi connectivity index (χ4n) is 4.17. The first-order valence-electron chi connectivity index (χ1n) is 12.2. The number of carbonyl (C=O) groups excluding carboxylic acids is 1. The van der Waals surface area contributed by atoms with Gasteiger partial charge in [0.2, 0.25) is 5.91 Å². The second kappa shape index (κ2) is 13.8. The third-order valence-electron chi connectivity index (χ3n) is 6.10. The van der Waals surface area contributed by atoms with Crippen LogP contribution >= 0.6 is 0 Å². The number of methoxy groups -OCH3 is 1. The first kappa shape index (κ1) is 24.9. The second-order valence-electron chi connectivity index (χ2n) is 8.78. The van der Waals surface area contributed by atoms with Crippen LogP contribution in [0.3, 0.4) is 0 Å². The average molecular weight is 445 g/mol. The Morgan fingerprint density at radius 2 is 2.12 bits per heavy atom. The minimum atomic E-state index is -0.150. The average Bonchev–Trinajstić information content (AvgIpc) is 3.64. The highest BCUT2D eigenvalue weighted by molar-refractivity contribution is 5.80. The molecule has 0 aromatic heterocycles. The molecule has 2 fully saturated rings. The molecule has 6 nitrogen and oxygen atoms in total. The number of nitrogens with zero attached hydrogens (tertiary/aromatic N) is 1. The largest absolute Gasteiger partial charge is 0.382 e. The van der Waals surface area contributed by atoms with Crippen molar-refractivity contribution >= 4 is 5.91 Å². The predicted octanol–water partition coefficient (Wildman–Crippen LogP) is 3.40. The van der Waals surface area contributed by atoms with Gasteiger partial charge < -0.3 is 24.4 Å². The minimum absolute atomic E-state index is 0.105. The Morgan fingerprint density at radius 1 is 1.25 bits per heavy atom. The van der Waals surface area contributed by atoms with Gasteiger partial charge in [0.05, 0.1) is 19.1 Å². The monoisotopic (exact) mass is 444 g/mol. The second-order valence-corrected chi connectivity index (χ2v) is 8.78. The van der Waals surface area contributed by atoms with Crippen LogP contribution in [-0.2, 0) is 19.0 Å². The van der Waals surface area contributed by atoms with Crippen molar-refractivity contribution in [2.45, 2.75) is 57.6 Å². The zero-order chi connectivity index (χ0) is 22.6. The molecule has 2 aliphatic carbocycles. The van der Waals surface area contributed by atoms with E-state index in [0.717, 1.165) is 76.0 Å². The fraction of sp³-hybridized carbons (Fsp3) is 0.692. The molecule has 0 radical (unpaired) electrons. The van der Waals surface area contributed by atoms with E-state index in [-0.39, 0.29) is 12.0 Å². The van der Waals surface area contributed by atoms with E-state index in [9.17, 15) is 4.79 Å². The molecule has 2 atom stereocenters. The summed E-state index contributed by atoms with van der Waals surface area (Å²) in [5, 5.41) is 3.39. The van der Waals surface area contributed by atoms with Gasteiger partial charge in [0.1, 0.15) is 6.10 Å². The van der Waals surface area contributed by atoms with E-state index in [4.69, 9.17) is 14.2 Å². The molecule has 6 heteroatoms. The van der Waals surface area contributed by atoms with Crippen LogP contribution in [0, 0.1) is 5.92 Å². The molecule has 0 aromatic carbocycles. The van der Waals surface area contributed by atoms with Crippen molar-refractivity contribution in [3.8, 4) is 0 Å². The van der Waals surface area contributed by atoms with Crippen LogP contribution in [0.4, 0.5) is 0 Å². The molecular formula is C26H40N2O4. The van der Waals surface area contributed by atoms with E-state index in [1.165, 1.54) is 0 Å². The molecule has 1 unspecified atom stereocenters. The van der Waals surface area contributed by atoms with Gasteiger partial charge in [-0.1, -0.05) is 12.2 Å². The summed E-state index contributed by atoms with van der Waals surface area (Å²) >= 11 is 0. The number of amides is 1. The van der Waals surface area contributed by atoms with Crippen LogP contribution in [0.5, 0.6) is 0 Å². The molecule has 1 saturated heterocycles. The molecule has 32 heavy (non-hydrogen) atoms. The van der Waals surface area contributed by atoms with E-state index in [0.29, 0.717) is 31.7 Å². The first-order valence-corrected chi connectivity index (χ1v) is 12.2. The van der Waals surface area contributed by atoms with Gasteiger partial charge >= 0.3 is 0 Å². The molecule has 1 amide bonds. The summed E-state index contributed by atoms with van der Waals surface area (Å²) in [7, 11) is 1.68. The van der Waals surface area contributed by atoms with E-state index >= 15 is 0 Å². The molecule has 1 heterocycles. The highest BCUT2D eigenvalue weighted by Crippen LogP contribution is 2.30. The van der Waals surface area contributed by atoms with Gasteiger partial charge in [0.25, 0.3) is 0 Å². The molecule has 0 bridgehead atoms. The number of carbonyl (C=O) groups is 1. The lowest BCUT2D eigenvalue weighted by Gasteiger charge is -2.30. The number of hydrogen-bond acceptors (Lipinski definition) is 5. The molecule has 0 aromatic rings. The number of allylic oxidation sites excluding steroid dienone is 1. The van der Waals surface area contributed by atoms with Crippen LogP contribution in [0.1, 0.15) is 45.4 Å². The molecule has 1 aliphatic heterocycles. The summed E-state index contributed by atoms with van der Waals surface area (Å²) < 4.78 is 16.5. The van der Waals surface area contributed by atoms with Crippen LogP contribution in [0.2, 0.25) is 0 Å². The lowest BCUT2D eigenvalue weighted by atomic mass is 9.97. The maximum absolute atomic E-state index is 13.3. The topological polar surface area (TPSA) is 60.0 Å². The SMILES string of the molecule is CCOCCCC1=C=CC(OCCOC)C=C/C(CN(C(=O)[C@@H]2CCCNC2)C2CC2)=C\1. The Balaban J connectivity index is 1.72. The van der Waals surface area contributed by atoms with Gasteiger partial charge in [0.15, 0.2) is 0 Å². The number of rotatable bonds is 13. The Labute approximate surface area is 193 Å². The van der Waals surface area contributed by atoms with Crippen molar-refractivity contribution in [1.29, 1.82) is 0 Å². The molecule has 0 spiro atoms. The van der Waals surface area contributed by atoms with Crippen molar-refractivity contribution < 1.29 is 19.0 Å². The van der Waals surface area contributed by atoms with Crippen LogP contribution in [0.25, 0.3) is 0 Å². The Kier molecular flexibility index (Phi) is 10.7. The smallest absolute Gasteiger partial charge is 0.227 e. The van der Waals surface area contributed by atoms with Crippen molar-refractivity contribution in [3.05, 3.63) is 41.2 Å². The van der Waals surface area contributed by atoms with E-state index in [1.54, 1.807) is 7.11 Å². The lowest BCUT2D eigenvalue weighted by molar-refractivity contribution is -0.136. The number of hydrogen-bond donors (Lipinski definition) is 1. The summed E-state index contributed by atoms with van der Waals surface area (Å²) in [5.41, 5.74) is 5.72. The normalized spacial score (nSPS) is 24.9. The van der Waals surface area contributed by atoms with E-state index in [1.807, 2.05) is 13.0 Å². The quantitative estimate of drug-likeness (QED) is 0.349. The summed E-state index contributed by atoms with van der Waals surface area (Å²) in [5.74, 6) is 0.412.